The number of rotatable bonds is 5. The predicted octanol–water partition coefficient (Wildman–Crippen LogP) is 4.66. The normalized spacial score (nSPS) is 27.6. The predicted molar refractivity (Wildman–Crippen MR) is 90.6 cm³/mol. The van der Waals surface area contributed by atoms with E-state index in [-0.39, 0.29) is 11.4 Å². The zero-order valence-corrected chi connectivity index (χ0v) is 16.0. The summed E-state index contributed by atoms with van der Waals surface area (Å²) in [4.78, 5) is 11.5. The van der Waals surface area contributed by atoms with Crippen molar-refractivity contribution in [3.8, 4) is 0 Å². The summed E-state index contributed by atoms with van der Waals surface area (Å²) >= 11 is 2.86. The molecule has 0 aromatic heterocycles. The minimum atomic E-state index is -0.476. The maximum atomic E-state index is 11.5. The number of carbonyl (C=O) groups excluding carboxylic acids is 1. The summed E-state index contributed by atoms with van der Waals surface area (Å²) in [5.41, 5.74) is 0. The van der Waals surface area contributed by atoms with Crippen molar-refractivity contribution in [2.75, 3.05) is 19.9 Å². The SMILES string of the molecule is CP(P)SC(=O)OC1CC(OP(C)SP)CCO1. The third-order valence-electron chi connectivity index (χ3n) is 2.09. The average molecular weight is 366 g/mol. The van der Waals surface area contributed by atoms with E-state index in [1.165, 1.54) is 11.4 Å². The molecule has 0 amide bonds. The molecule has 1 fully saturated rings. The third kappa shape index (κ3) is 7.55. The second-order valence-electron chi connectivity index (χ2n) is 3.60. The van der Waals surface area contributed by atoms with Gasteiger partial charge in [-0.15, -0.1) is 8.93 Å². The molecule has 6 unspecified atom stereocenters. The summed E-state index contributed by atoms with van der Waals surface area (Å²) in [6, 6.07) is 0. The van der Waals surface area contributed by atoms with Crippen molar-refractivity contribution in [1.29, 1.82) is 0 Å². The van der Waals surface area contributed by atoms with E-state index >= 15 is 0 Å². The fourth-order valence-electron chi connectivity index (χ4n) is 1.39. The van der Waals surface area contributed by atoms with Crippen molar-refractivity contribution in [3.05, 3.63) is 0 Å². The molecule has 0 N–H and O–H groups in total. The summed E-state index contributed by atoms with van der Waals surface area (Å²) in [5, 5.41) is -0.261. The van der Waals surface area contributed by atoms with Crippen LogP contribution in [0.25, 0.3) is 0 Å². The fourth-order valence-corrected chi connectivity index (χ4v) is 5.01. The zero-order valence-electron chi connectivity index (χ0n) is 10.3. The Morgan fingerprint density at radius 2 is 2.22 bits per heavy atom. The van der Waals surface area contributed by atoms with Gasteiger partial charge < -0.3 is 14.0 Å². The van der Waals surface area contributed by atoms with Crippen molar-refractivity contribution in [3.63, 3.8) is 0 Å². The van der Waals surface area contributed by atoms with Gasteiger partial charge in [0.25, 0.3) is 0 Å². The first-order chi connectivity index (χ1) is 8.51. The highest BCUT2D eigenvalue weighted by Crippen LogP contribution is 2.55. The van der Waals surface area contributed by atoms with Crippen LogP contribution in [0.4, 0.5) is 4.79 Å². The maximum absolute atomic E-state index is 11.5. The van der Waals surface area contributed by atoms with E-state index < -0.39 is 20.5 Å². The van der Waals surface area contributed by atoms with Gasteiger partial charge >= 0.3 is 5.30 Å². The maximum Gasteiger partial charge on any atom is 0.374 e. The summed E-state index contributed by atoms with van der Waals surface area (Å²) in [7, 11) is 4.75. The zero-order chi connectivity index (χ0) is 13.5. The van der Waals surface area contributed by atoms with Gasteiger partial charge in [0.2, 0.25) is 6.29 Å². The number of hydrogen-bond acceptors (Lipinski definition) is 6. The molecule has 0 aliphatic carbocycles. The van der Waals surface area contributed by atoms with E-state index in [2.05, 4.69) is 24.0 Å². The van der Waals surface area contributed by atoms with E-state index in [1.807, 2.05) is 6.66 Å². The highest BCUT2D eigenvalue weighted by molar-refractivity contribution is 8.78. The highest BCUT2D eigenvalue weighted by Gasteiger charge is 2.27. The molecular weight excluding hydrogens is 348 g/mol. The van der Waals surface area contributed by atoms with Gasteiger partial charge in [0, 0.05) is 6.42 Å². The van der Waals surface area contributed by atoms with Crippen LogP contribution in [0, 0.1) is 0 Å². The lowest BCUT2D eigenvalue weighted by Gasteiger charge is -2.30. The topological polar surface area (TPSA) is 44.8 Å². The van der Waals surface area contributed by atoms with E-state index in [1.54, 1.807) is 11.0 Å². The van der Waals surface area contributed by atoms with Crippen LogP contribution in [0.15, 0.2) is 0 Å². The van der Waals surface area contributed by atoms with Crippen molar-refractivity contribution < 1.29 is 18.8 Å². The molecule has 0 aromatic rings. The summed E-state index contributed by atoms with van der Waals surface area (Å²) in [5.74, 6) is 0. The molecule has 0 spiro atoms. The number of ether oxygens (including phenoxy) is 2. The van der Waals surface area contributed by atoms with Crippen LogP contribution in [0.2, 0.25) is 0 Å². The monoisotopic (exact) mass is 366 g/mol. The first kappa shape index (κ1) is 17.9. The molecule has 1 rings (SSSR count). The molecular formula is C8H18O4P4S2. The Bertz CT molecular complexity index is 271. The summed E-state index contributed by atoms with van der Waals surface area (Å²) in [6.45, 7) is 4.21. The molecule has 10 heteroatoms. The summed E-state index contributed by atoms with van der Waals surface area (Å²) in [6.07, 6.45) is 1.16. The van der Waals surface area contributed by atoms with Gasteiger partial charge in [0.15, 0.2) is 0 Å². The lowest BCUT2D eigenvalue weighted by molar-refractivity contribution is -0.143. The molecule has 0 aromatic carbocycles. The second kappa shape index (κ2) is 9.69. The van der Waals surface area contributed by atoms with Crippen LogP contribution in [0.1, 0.15) is 12.8 Å². The quantitative estimate of drug-likeness (QED) is 0.521. The van der Waals surface area contributed by atoms with Crippen LogP contribution in [0.5, 0.6) is 0 Å². The molecule has 1 aliphatic rings. The lowest BCUT2D eigenvalue weighted by atomic mass is 10.1. The molecule has 106 valence electrons. The van der Waals surface area contributed by atoms with Crippen LogP contribution in [-0.4, -0.2) is 37.6 Å². The Morgan fingerprint density at radius 3 is 2.83 bits per heavy atom. The van der Waals surface area contributed by atoms with Gasteiger partial charge in [-0.1, -0.05) is 19.4 Å². The average Bonchev–Trinajstić information content (AvgIpc) is 2.28. The Hall–Kier alpha value is 1.81. The Labute approximate surface area is 123 Å². The molecule has 1 heterocycles. The number of hydrogen-bond donors (Lipinski definition) is 0. The van der Waals surface area contributed by atoms with Crippen LogP contribution in [-0.2, 0) is 14.0 Å². The van der Waals surface area contributed by atoms with E-state index in [0.29, 0.717) is 13.0 Å². The minimum absolute atomic E-state index is 0.129. The van der Waals surface area contributed by atoms with Gasteiger partial charge in [-0.2, -0.15) is 0 Å². The van der Waals surface area contributed by atoms with Crippen LogP contribution >= 0.6 is 53.9 Å². The molecule has 0 saturated carbocycles. The van der Waals surface area contributed by atoms with Gasteiger partial charge in [-0.25, -0.2) is 4.79 Å². The second-order valence-corrected chi connectivity index (χ2v) is 16.3. The Morgan fingerprint density at radius 1 is 1.50 bits per heavy atom. The molecule has 1 aliphatic heterocycles. The van der Waals surface area contributed by atoms with Crippen molar-refractivity contribution in [2.24, 2.45) is 0 Å². The van der Waals surface area contributed by atoms with Gasteiger partial charge in [0.1, 0.15) is 0 Å². The van der Waals surface area contributed by atoms with Crippen molar-refractivity contribution in [2.45, 2.75) is 25.2 Å². The Balaban J connectivity index is 2.32. The molecule has 1 saturated heterocycles. The van der Waals surface area contributed by atoms with Gasteiger partial charge in [-0.3, -0.25) is 0 Å². The molecule has 18 heavy (non-hydrogen) atoms. The van der Waals surface area contributed by atoms with E-state index in [9.17, 15) is 4.79 Å². The van der Waals surface area contributed by atoms with Crippen molar-refractivity contribution in [1.82, 2.24) is 0 Å². The van der Waals surface area contributed by atoms with Gasteiger partial charge in [-0.05, 0) is 37.9 Å². The van der Waals surface area contributed by atoms with Crippen molar-refractivity contribution >= 4 is 59.2 Å². The molecule has 0 radical (unpaired) electrons. The summed E-state index contributed by atoms with van der Waals surface area (Å²) < 4.78 is 16.6. The van der Waals surface area contributed by atoms with Gasteiger partial charge in [0.05, 0.1) is 20.1 Å². The molecule has 6 atom stereocenters. The van der Waals surface area contributed by atoms with E-state index in [0.717, 1.165) is 6.42 Å². The first-order valence-electron chi connectivity index (χ1n) is 5.27. The Kier molecular flexibility index (Phi) is 9.62. The molecule has 4 nitrogen and oxygen atoms in total. The van der Waals surface area contributed by atoms with Crippen LogP contribution < -0.4 is 0 Å². The minimum Gasteiger partial charge on any atom is -0.427 e. The highest BCUT2D eigenvalue weighted by atomic mass is 33.1. The fraction of sp³-hybridized carbons (Fsp3) is 0.875. The third-order valence-corrected chi connectivity index (χ3v) is 9.60. The standard InChI is InChI=1S/C8H18O4P4S2/c1-15(18-14)12-6-3-4-10-7(5-6)11-8(9)17-16(2)13/h6-7H,3-5,13-14H2,1-2H3. The lowest BCUT2D eigenvalue weighted by Crippen LogP contribution is -2.32. The van der Waals surface area contributed by atoms with Crippen LogP contribution in [0.3, 0.4) is 0 Å². The molecule has 0 bridgehead atoms. The largest absolute Gasteiger partial charge is 0.427 e. The number of carbonyl (C=O) groups is 1. The first-order valence-corrected chi connectivity index (χ1v) is 14.7. The van der Waals surface area contributed by atoms with E-state index in [4.69, 9.17) is 14.0 Å². The smallest absolute Gasteiger partial charge is 0.374 e.